The van der Waals surface area contributed by atoms with Crippen LogP contribution in [0.25, 0.3) is 0 Å². The summed E-state index contributed by atoms with van der Waals surface area (Å²) in [6.07, 6.45) is 2.70. The molecule has 9 heteroatoms. The number of aliphatic hydroxyl groups excluding tert-OH is 1. The number of aliphatic carboxylic acids is 1. The smallest absolute Gasteiger partial charge is 0.306 e. The summed E-state index contributed by atoms with van der Waals surface area (Å²) in [6.45, 7) is 4.96. The second-order valence-corrected chi connectivity index (χ2v) is 7.96. The van der Waals surface area contributed by atoms with Crippen molar-refractivity contribution in [2.24, 2.45) is 11.8 Å². The van der Waals surface area contributed by atoms with Gasteiger partial charge in [0.15, 0.2) is 0 Å². The van der Waals surface area contributed by atoms with Crippen molar-refractivity contribution in [3.8, 4) is 0 Å². The van der Waals surface area contributed by atoms with Gasteiger partial charge in [-0.15, -0.1) is 11.8 Å². The van der Waals surface area contributed by atoms with Gasteiger partial charge in [0.05, 0.1) is 41.5 Å². The summed E-state index contributed by atoms with van der Waals surface area (Å²) in [5.41, 5.74) is -0.0147. The lowest BCUT2D eigenvalue weighted by molar-refractivity contribution is -0.758. The van der Waals surface area contributed by atoms with Crippen LogP contribution in [0.2, 0.25) is 0 Å². The highest BCUT2D eigenvalue weighted by molar-refractivity contribution is 8.03. The zero-order valence-corrected chi connectivity index (χ0v) is 14.1. The number of carboxylic acid groups (broad SMARTS) is 1. The molecule has 0 bridgehead atoms. The van der Waals surface area contributed by atoms with Crippen molar-refractivity contribution < 1.29 is 24.5 Å². The Kier molecular flexibility index (Phi) is 3.47. The van der Waals surface area contributed by atoms with Crippen LogP contribution < -0.4 is 9.79 Å². The molecule has 1 unspecified atom stereocenters. The third-order valence-corrected chi connectivity index (χ3v) is 6.56. The number of hydrogen-bond donors (Lipinski definition) is 1. The van der Waals surface area contributed by atoms with Gasteiger partial charge in [0, 0.05) is 10.8 Å². The number of carbonyl (C=O) groups is 2. The fraction of sp³-hybridized carbons (Fsp3) is 0.600. The molecule has 1 N–H and O–H groups in total. The largest absolute Gasteiger partial charge is 0.543 e. The van der Waals surface area contributed by atoms with E-state index >= 15 is 0 Å². The Morgan fingerprint density at radius 1 is 1.58 bits per heavy atom. The van der Waals surface area contributed by atoms with Gasteiger partial charge >= 0.3 is 6.33 Å². The minimum atomic E-state index is -1.32. The van der Waals surface area contributed by atoms with Crippen molar-refractivity contribution in [2.45, 2.75) is 44.3 Å². The molecule has 0 aromatic carbocycles. The van der Waals surface area contributed by atoms with Crippen molar-refractivity contribution in [2.75, 3.05) is 0 Å². The maximum atomic E-state index is 12.3. The minimum Gasteiger partial charge on any atom is -0.543 e. The predicted molar refractivity (Wildman–Crippen MR) is 80.8 cm³/mol. The predicted octanol–water partition coefficient (Wildman–Crippen LogP) is -1.89. The Balaban J connectivity index is 1.61. The van der Waals surface area contributed by atoms with Crippen LogP contribution in [0.5, 0.6) is 0 Å². The van der Waals surface area contributed by atoms with E-state index in [1.807, 2.05) is 16.3 Å². The molecule has 1 aromatic heterocycles. The third kappa shape index (κ3) is 2.04. The highest BCUT2D eigenvalue weighted by atomic mass is 32.2. The number of amides is 1. The molecule has 3 aliphatic rings. The number of fused-ring (bicyclic) bond motifs is 2. The Hall–Kier alpha value is -1.87. The van der Waals surface area contributed by atoms with E-state index in [2.05, 4.69) is 4.98 Å². The van der Waals surface area contributed by atoms with Gasteiger partial charge in [-0.3, -0.25) is 4.79 Å². The summed E-state index contributed by atoms with van der Waals surface area (Å²) in [6, 6.07) is -0.289. The molecular formula is C15H18N4O4S. The molecule has 0 saturated carbocycles. The SMILES string of the molecule is C[C@@H]1C(SC2Cn3cnc[n+]3C2)=C(C(=O)[O-])N2C(=O)[C@H]([C@@H](C)O)C12. The van der Waals surface area contributed by atoms with Crippen molar-refractivity contribution >= 4 is 23.6 Å². The van der Waals surface area contributed by atoms with Crippen molar-refractivity contribution in [3.05, 3.63) is 23.3 Å². The molecular weight excluding hydrogens is 332 g/mol. The fourth-order valence-electron chi connectivity index (χ4n) is 4.02. The van der Waals surface area contributed by atoms with Crippen LogP contribution in [0, 0.1) is 11.8 Å². The molecule has 1 amide bonds. The van der Waals surface area contributed by atoms with E-state index in [1.54, 1.807) is 19.6 Å². The molecule has 4 atom stereocenters. The van der Waals surface area contributed by atoms with Crippen LogP contribution in [-0.4, -0.2) is 48.9 Å². The van der Waals surface area contributed by atoms with Gasteiger partial charge in [0.2, 0.25) is 12.2 Å². The second-order valence-electron chi connectivity index (χ2n) is 6.62. The third-order valence-electron chi connectivity index (χ3n) is 5.11. The summed E-state index contributed by atoms with van der Waals surface area (Å²) in [7, 11) is 0. The van der Waals surface area contributed by atoms with E-state index < -0.39 is 18.0 Å². The van der Waals surface area contributed by atoms with Crippen molar-refractivity contribution in [1.82, 2.24) is 14.6 Å². The molecule has 1 aromatic rings. The van der Waals surface area contributed by atoms with E-state index in [9.17, 15) is 19.8 Å². The molecule has 24 heavy (non-hydrogen) atoms. The highest BCUT2D eigenvalue weighted by Crippen LogP contribution is 2.51. The van der Waals surface area contributed by atoms with Crippen LogP contribution in [0.4, 0.5) is 0 Å². The summed E-state index contributed by atoms with van der Waals surface area (Å²) in [5, 5.41) is 21.7. The van der Waals surface area contributed by atoms with Crippen molar-refractivity contribution in [3.63, 3.8) is 0 Å². The van der Waals surface area contributed by atoms with Gasteiger partial charge in [-0.05, 0) is 11.9 Å². The maximum Gasteiger partial charge on any atom is 0.306 e. The van der Waals surface area contributed by atoms with Gasteiger partial charge in [-0.25, -0.2) is 0 Å². The molecule has 4 heterocycles. The van der Waals surface area contributed by atoms with E-state index in [-0.39, 0.29) is 28.8 Å². The van der Waals surface area contributed by atoms with E-state index in [0.29, 0.717) is 4.91 Å². The molecule has 0 aliphatic carbocycles. The van der Waals surface area contributed by atoms with E-state index in [1.165, 1.54) is 16.7 Å². The molecule has 1 fully saturated rings. The van der Waals surface area contributed by atoms with Crippen LogP contribution in [-0.2, 0) is 22.7 Å². The summed E-state index contributed by atoms with van der Waals surface area (Å²) in [4.78, 5) is 30.0. The summed E-state index contributed by atoms with van der Waals surface area (Å²) >= 11 is 1.50. The second kappa shape index (κ2) is 5.32. The minimum absolute atomic E-state index is 0.0147. The normalized spacial score (nSPS) is 32.6. The first-order valence-corrected chi connectivity index (χ1v) is 8.81. The zero-order chi connectivity index (χ0) is 17.2. The van der Waals surface area contributed by atoms with Crippen LogP contribution in [0.15, 0.2) is 23.3 Å². The standard InChI is InChI=1S/C15H18N4O4S/c1-7-11-10(8(2)20)14(21)19(11)12(15(22)23)13(7)24-9-3-17-5-16-6-18(17)4-9/h5-11,20H,3-4H2,1-2H3/t7-,8+,10+,11?/m0/s1. The number of rotatable bonds is 4. The number of aliphatic hydroxyl groups is 1. The van der Waals surface area contributed by atoms with Crippen LogP contribution in [0.3, 0.4) is 0 Å². The molecule has 3 aliphatic heterocycles. The van der Waals surface area contributed by atoms with Gasteiger partial charge in [0.1, 0.15) is 6.54 Å². The quantitative estimate of drug-likeness (QED) is 0.503. The highest BCUT2D eigenvalue weighted by Gasteiger charge is 2.59. The Morgan fingerprint density at radius 3 is 2.96 bits per heavy atom. The Morgan fingerprint density at radius 2 is 2.33 bits per heavy atom. The van der Waals surface area contributed by atoms with Crippen LogP contribution in [0.1, 0.15) is 13.8 Å². The lowest BCUT2D eigenvalue weighted by atomic mass is 9.79. The lowest BCUT2D eigenvalue weighted by Gasteiger charge is -2.47. The number of aromatic nitrogens is 3. The van der Waals surface area contributed by atoms with Crippen LogP contribution >= 0.6 is 11.8 Å². The summed E-state index contributed by atoms with van der Waals surface area (Å²) < 4.78 is 3.96. The van der Waals surface area contributed by atoms with E-state index in [4.69, 9.17) is 0 Å². The monoisotopic (exact) mass is 350 g/mol. The summed E-state index contributed by atoms with van der Waals surface area (Å²) in [5.74, 6) is -2.31. The van der Waals surface area contributed by atoms with Gasteiger partial charge in [0.25, 0.3) is 0 Å². The molecule has 0 spiro atoms. The fourth-order valence-corrected chi connectivity index (χ4v) is 5.48. The maximum absolute atomic E-state index is 12.3. The molecule has 128 valence electrons. The van der Waals surface area contributed by atoms with Gasteiger partial charge in [-0.2, -0.15) is 9.36 Å². The molecule has 8 nitrogen and oxygen atoms in total. The molecule has 0 radical (unpaired) electrons. The first-order chi connectivity index (χ1) is 11.4. The first kappa shape index (κ1) is 15.6. The number of thioether (sulfide) groups is 1. The number of nitrogens with zero attached hydrogens (tertiary/aromatic N) is 4. The lowest BCUT2D eigenvalue weighted by Crippen LogP contribution is -2.64. The number of β-lactam (4-membered cyclic amide) rings is 1. The number of hydrogen-bond acceptors (Lipinski definition) is 6. The Bertz CT molecular complexity index is 738. The topological polar surface area (TPSA) is 102 Å². The molecule has 4 rings (SSSR count). The average molecular weight is 350 g/mol. The average Bonchev–Trinajstić information content (AvgIpc) is 3.12. The Labute approximate surface area is 142 Å². The van der Waals surface area contributed by atoms with Gasteiger partial charge in [-0.1, -0.05) is 6.92 Å². The van der Waals surface area contributed by atoms with Gasteiger partial charge < -0.3 is 19.9 Å². The number of carboxylic acids is 1. The number of carbonyl (C=O) groups excluding carboxylic acids is 2. The first-order valence-electron chi connectivity index (χ1n) is 7.93. The zero-order valence-electron chi connectivity index (χ0n) is 13.3. The van der Waals surface area contributed by atoms with E-state index in [0.717, 1.165) is 13.1 Å². The van der Waals surface area contributed by atoms with Crippen molar-refractivity contribution in [1.29, 1.82) is 0 Å². The molecule has 1 saturated heterocycles.